The van der Waals surface area contributed by atoms with Crippen LogP contribution in [0.15, 0.2) is 42.5 Å². The van der Waals surface area contributed by atoms with Gasteiger partial charge in [0.15, 0.2) is 11.5 Å². The van der Waals surface area contributed by atoms with Gasteiger partial charge in [-0.25, -0.2) is 0 Å². The Bertz CT molecular complexity index is 1220. The minimum Gasteiger partial charge on any atom is -0.493 e. The lowest BCUT2D eigenvalue weighted by atomic mass is 9.80. The third-order valence-corrected chi connectivity index (χ3v) is 7.93. The lowest BCUT2D eigenvalue weighted by Gasteiger charge is -2.32. The molecule has 2 rings (SSSR count). The van der Waals surface area contributed by atoms with Crippen LogP contribution in [0.1, 0.15) is 68.4 Å². The summed E-state index contributed by atoms with van der Waals surface area (Å²) >= 11 is 0. The molecule has 0 heterocycles. The monoisotopic (exact) mass is 632 g/mol. The number of aliphatic hydroxyl groups excluding tert-OH is 1. The molecule has 3 N–H and O–H groups in total. The Hall–Kier alpha value is -3.90. The maximum Gasteiger partial charge on any atom is 0.306 e. The van der Waals surface area contributed by atoms with Crippen LogP contribution in [-0.4, -0.2) is 66.8 Å². The van der Waals surface area contributed by atoms with E-state index in [0.717, 1.165) is 12.0 Å². The third kappa shape index (κ3) is 12.6. The second-order valence-corrected chi connectivity index (χ2v) is 11.9. The van der Waals surface area contributed by atoms with E-state index in [-0.39, 0.29) is 30.8 Å². The molecule has 0 bridgehead atoms. The summed E-state index contributed by atoms with van der Waals surface area (Å²) in [7, 11) is 3.22. The summed E-state index contributed by atoms with van der Waals surface area (Å²) in [5.41, 5.74) is 1.80. The zero-order valence-electron chi connectivity index (χ0n) is 27.1. The molecule has 4 atom stereocenters. The number of methoxy groups -OCH3 is 2. The number of hydrogen-bond acceptors (Lipinski definition) is 9. The van der Waals surface area contributed by atoms with Gasteiger partial charge in [0, 0.05) is 25.7 Å². The fraction of sp³-hybridized carbons (Fsp3) is 0.576. The fourth-order valence-corrected chi connectivity index (χ4v) is 5.09. The Labute approximate surface area is 265 Å². The minimum atomic E-state index is -1.12. The van der Waals surface area contributed by atoms with Crippen molar-refractivity contribution in [3.63, 3.8) is 0 Å². The highest BCUT2D eigenvalue weighted by atomic mass is 16.9. The van der Waals surface area contributed by atoms with Crippen LogP contribution >= 0.6 is 0 Å². The molecule has 0 radical (unpaired) electrons. The molecule has 1 amide bonds. The number of ether oxygens (including phenoxy) is 3. The summed E-state index contributed by atoms with van der Waals surface area (Å²) in [4.78, 5) is 40.2. The normalized spacial score (nSPS) is 14.0. The molecule has 0 saturated heterocycles. The van der Waals surface area contributed by atoms with Gasteiger partial charge in [0.25, 0.3) is 11.0 Å². The Balaban J connectivity index is 2.30. The topological polar surface area (TPSA) is 167 Å². The number of rotatable bonds is 21. The van der Waals surface area contributed by atoms with Crippen molar-refractivity contribution >= 4 is 11.9 Å². The van der Waals surface area contributed by atoms with E-state index in [1.54, 1.807) is 40.2 Å². The van der Waals surface area contributed by atoms with Gasteiger partial charge in [-0.3, -0.25) is 9.59 Å². The molecule has 2 aromatic carbocycles. The number of hydrogen-bond donors (Lipinski definition) is 3. The SMILES string of the molecule is COCCCOc1cc(C[C@@H](C[C@H](NC(=O)c2ccc(CO[N+](=O)[O-])cc2)[C@@H](O)C[C@H](C(=O)O)C(C)C)C(C)C)ccc1OC. The van der Waals surface area contributed by atoms with E-state index in [0.29, 0.717) is 48.7 Å². The molecule has 0 aliphatic heterocycles. The van der Waals surface area contributed by atoms with E-state index in [9.17, 15) is 29.9 Å². The molecule has 0 saturated carbocycles. The van der Waals surface area contributed by atoms with Gasteiger partial charge in [-0.2, -0.15) is 0 Å². The number of aliphatic hydroxyl groups is 1. The summed E-state index contributed by atoms with van der Waals surface area (Å²) < 4.78 is 16.5. The first-order valence-electron chi connectivity index (χ1n) is 15.2. The molecule has 0 spiro atoms. The van der Waals surface area contributed by atoms with Gasteiger partial charge in [-0.05, 0) is 72.4 Å². The van der Waals surface area contributed by atoms with Gasteiger partial charge < -0.3 is 34.6 Å². The first-order valence-corrected chi connectivity index (χ1v) is 15.2. The zero-order chi connectivity index (χ0) is 33.5. The van der Waals surface area contributed by atoms with E-state index < -0.39 is 35.0 Å². The molecule has 0 aliphatic carbocycles. The van der Waals surface area contributed by atoms with Gasteiger partial charge in [0.1, 0.15) is 6.61 Å². The van der Waals surface area contributed by atoms with Crippen LogP contribution < -0.4 is 14.8 Å². The second-order valence-electron chi connectivity index (χ2n) is 11.9. The van der Waals surface area contributed by atoms with Gasteiger partial charge in [-0.1, -0.05) is 45.9 Å². The summed E-state index contributed by atoms with van der Waals surface area (Å²) in [5, 5.41) is 33.7. The highest BCUT2D eigenvalue weighted by Crippen LogP contribution is 2.32. The van der Waals surface area contributed by atoms with Crippen LogP contribution in [0.3, 0.4) is 0 Å². The molecule has 250 valence electrons. The summed E-state index contributed by atoms with van der Waals surface area (Å²) in [6.07, 6.45) is 0.581. The third-order valence-electron chi connectivity index (χ3n) is 7.93. The lowest BCUT2D eigenvalue weighted by Crippen LogP contribution is -2.46. The van der Waals surface area contributed by atoms with E-state index in [1.165, 1.54) is 12.1 Å². The molecule has 0 fully saturated rings. The van der Waals surface area contributed by atoms with Crippen LogP contribution in [0, 0.1) is 33.8 Å². The Morgan fingerprint density at radius 2 is 1.60 bits per heavy atom. The second kappa shape index (κ2) is 18.8. The molecule has 12 heteroatoms. The number of aliphatic carboxylic acids is 1. The minimum absolute atomic E-state index is 0.00340. The molecule has 0 aliphatic rings. The van der Waals surface area contributed by atoms with Crippen LogP contribution in [-0.2, 0) is 27.4 Å². The number of amides is 1. The smallest absolute Gasteiger partial charge is 0.306 e. The average Bonchev–Trinajstić information content (AvgIpc) is 2.99. The molecule has 0 aromatic heterocycles. The number of carboxylic acids is 1. The molecule has 2 aromatic rings. The maximum atomic E-state index is 13.3. The number of benzene rings is 2. The van der Waals surface area contributed by atoms with Crippen molar-refractivity contribution in [3.8, 4) is 11.5 Å². The average molecular weight is 633 g/mol. The van der Waals surface area contributed by atoms with Crippen molar-refractivity contribution in [3.05, 3.63) is 69.3 Å². The standard InChI is InChI=1S/C33H48N2O10/c1-21(2)26(16-24-10-13-30(43-6)31(17-24)44-15-7-14-42-5)18-28(29(36)19-27(22(3)4)33(38)39)34-32(37)25-11-8-23(9-12-25)20-45-35(40)41/h8-13,17,21-22,26-29,36H,7,14-16,18-20H2,1-6H3,(H,34,37)(H,38,39)/t26-,27-,28-,29-/m0/s1. The zero-order valence-corrected chi connectivity index (χ0v) is 27.1. The van der Waals surface area contributed by atoms with Gasteiger partial charge in [-0.15, -0.1) is 10.1 Å². The van der Waals surface area contributed by atoms with Crippen LogP contribution in [0.2, 0.25) is 0 Å². The van der Waals surface area contributed by atoms with Crippen molar-refractivity contribution < 1.29 is 43.9 Å². The maximum absolute atomic E-state index is 13.3. The van der Waals surface area contributed by atoms with E-state index in [2.05, 4.69) is 24.0 Å². The summed E-state index contributed by atoms with van der Waals surface area (Å²) in [6.45, 7) is 8.52. The van der Waals surface area contributed by atoms with Crippen molar-refractivity contribution in [1.82, 2.24) is 5.32 Å². The van der Waals surface area contributed by atoms with Gasteiger partial charge in [0.05, 0.1) is 31.8 Å². The molecular weight excluding hydrogens is 584 g/mol. The molecule has 12 nitrogen and oxygen atoms in total. The van der Waals surface area contributed by atoms with E-state index >= 15 is 0 Å². The highest BCUT2D eigenvalue weighted by molar-refractivity contribution is 5.94. The lowest BCUT2D eigenvalue weighted by molar-refractivity contribution is -0.763. The van der Waals surface area contributed by atoms with Crippen molar-refractivity contribution in [2.75, 3.05) is 27.4 Å². The molecule has 45 heavy (non-hydrogen) atoms. The quantitative estimate of drug-likeness (QED) is 0.0975. The predicted octanol–water partition coefficient (Wildman–Crippen LogP) is 4.93. The first kappa shape index (κ1) is 37.3. The number of nitrogens with one attached hydrogen (secondary N) is 1. The highest BCUT2D eigenvalue weighted by Gasteiger charge is 2.32. The predicted molar refractivity (Wildman–Crippen MR) is 168 cm³/mol. The molecular formula is C33H48N2O10. The van der Waals surface area contributed by atoms with Crippen LogP contribution in [0.4, 0.5) is 0 Å². The number of carbonyl (C=O) groups is 2. The van der Waals surface area contributed by atoms with Crippen LogP contribution in [0.25, 0.3) is 0 Å². The van der Waals surface area contributed by atoms with Crippen LogP contribution in [0.5, 0.6) is 11.5 Å². The fourth-order valence-electron chi connectivity index (χ4n) is 5.09. The van der Waals surface area contributed by atoms with Crippen molar-refractivity contribution in [1.29, 1.82) is 0 Å². The molecule has 0 unspecified atom stereocenters. The van der Waals surface area contributed by atoms with Gasteiger partial charge in [0.2, 0.25) is 0 Å². The van der Waals surface area contributed by atoms with E-state index in [1.807, 2.05) is 18.2 Å². The first-order chi connectivity index (χ1) is 21.4. The largest absolute Gasteiger partial charge is 0.493 e. The van der Waals surface area contributed by atoms with Crippen molar-refractivity contribution in [2.45, 2.75) is 72.1 Å². The number of carbonyl (C=O) groups excluding carboxylic acids is 1. The Kier molecular flexibility index (Phi) is 15.6. The van der Waals surface area contributed by atoms with Gasteiger partial charge >= 0.3 is 5.97 Å². The number of carboxylic acid groups (broad SMARTS) is 1. The van der Waals surface area contributed by atoms with E-state index in [4.69, 9.17) is 14.2 Å². The van der Waals surface area contributed by atoms with Crippen molar-refractivity contribution in [2.24, 2.45) is 23.7 Å². The summed E-state index contributed by atoms with van der Waals surface area (Å²) in [6, 6.07) is 11.2. The Morgan fingerprint density at radius 3 is 2.16 bits per heavy atom. The summed E-state index contributed by atoms with van der Waals surface area (Å²) in [5.74, 6) is -1.07. The Morgan fingerprint density at radius 1 is 0.933 bits per heavy atom. The number of nitrogens with zero attached hydrogens (tertiary/aromatic N) is 1.